The van der Waals surface area contributed by atoms with E-state index in [2.05, 4.69) is 17.1 Å². The second-order valence-electron chi connectivity index (χ2n) is 5.61. The van der Waals surface area contributed by atoms with Crippen molar-refractivity contribution in [1.82, 2.24) is 10.2 Å². The minimum absolute atomic E-state index is 0.0991. The lowest BCUT2D eigenvalue weighted by atomic mass is 10.0. The van der Waals surface area contributed by atoms with E-state index in [1.54, 1.807) is 6.07 Å². The fourth-order valence-electron chi connectivity index (χ4n) is 2.77. The van der Waals surface area contributed by atoms with E-state index >= 15 is 0 Å². The van der Waals surface area contributed by atoms with Gasteiger partial charge in [-0.2, -0.15) is 0 Å². The van der Waals surface area contributed by atoms with Crippen LogP contribution in [-0.4, -0.2) is 37.1 Å². The van der Waals surface area contributed by atoms with Crippen LogP contribution in [0.15, 0.2) is 18.2 Å². The Labute approximate surface area is 116 Å². The Morgan fingerprint density at radius 2 is 2.05 bits per heavy atom. The number of nitrogens with zero attached hydrogens (tertiary/aromatic N) is 1. The van der Waals surface area contributed by atoms with Crippen molar-refractivity contribution in [1.29, 1.82) is 0 Å². The maximum Gasteiger partial charge on any atom is 0.126 e. The highest BCUT2D eigenvalue weighted by atomic mass is 19.1. The summed E-state index contributed by atoms with van der Waals surface area (Å²) in [7, 11) is 0. The number of aryl methyl sites for hydroxylation is 2. The fourth-order valence-corrected chi connectivity index (χ4v) is 2.77. The van der Waals surface area contributed by atoms with Crippen LogP contribution >= 0.6 is 0 Å². The van der Waals surface area contributed by atoms with E-state index in [1.807, 2.05) is 19.1 Å². The molecule has 1 aliphatic rings. The van der Waals surface area contributed by atoms with Crippen molar-refractivity contribution >= 4 is 0 Å². The highest BCUT2D eigenvalue weighted by Crippen LogP contribution is 2.14. The minimum Gasteiger partial charge on any atom is -0.314 e. The number of nitrogens with one attached hydrogen (secondary N) is 1. The molecule has 2 nitrogen and oxygen atoms in total. The van der Waals surface area contributed by atoms with E-state index in [0.717, 1.165) is 38.2 Å². The molecular formula is C16H25FN2. The van der Waals surface area contributed by atoms with Gasteiger partial charge in [0.1, 0.15) is 5.82 Å². The van der Waals surface area contributed by atoms with Crippen LogP contribution in [0.1, 0.15) is 30.9 Å². The summed E-state index contributed by atoms with van der Waals surface area (Å²) in [5.74, 6) is -0.0991. The first-order valence-electron chi connectivity index (χ1n) is 7.36. The summed E-state index contributed by atoms with van der Waals surface area (Å²) in [4.78, 5) is 2.56. The topological polar surface area (TPSA) is 15.3 Å². The third-order valence-electron chi connectivity index (χ3n) is 4.08. The Bertz CT molecular complexity index is 400. The lowest BCUT2D eigenvalue weighted by molar-refractivity contribution is 0.174. The first kappa shape index (κ1) is 14.5. The van der Waals surface area contributed by atoms with Gasteiger partial charge in [-0.15, -0.1) is 0 Å². The van der Waals surface area contributed by atoms with Gasteiger partial charge in [-0.3, -0.25) is 4.90 Å². The first-order valence-corrected chi connectivity index (χ1v) is 7.36. The molecule has 1 aromatic rings. The maximum atomic E-state index is 13.2. The third-order valence-corrected chi connectivity index (χ3v) is 4.08. The number of halogens is 1. The van der Waals surface area contributed by atoms with Crippen LogP contribution in [0.5, 0.6) is 0 Å². The van der Waals surface area contributed by atoms with Crippen LogP contribution in [0, 0.1) is 12.7 Å². The number of hydrogen-bond acceptors (Lipinski definition) is 2. The molecule has 1 atom stereocenters. The van der Waals surface area contributed by atoms with Crippen molar-refractivity contribution in [2.24, 2.45) is 0 Å². The van der Waals surface area contributed by atoms with Gasteiger partial charge in [0.25, 0.3) is 0 Å². The largest absolute Gasteiger partial charge is 0.314 e. The quantitative estimate of drug-likeness (QED) is 0.879. The Kier molecular flexibility index (Phi) is 5.34. The number of piperazine rings is 1. The maximum absolute atomic E-state index is 13.2. The van der Waals surface area contributed by atoms with Crippen molar-refractivity contribution in [3.8, 4) is 0 Å². The highest BCUT2D eigenvalue weighted by Gasteiger charge is 2.15. The lowest BCUT2D eigenvalue weighted by Crippen LogP contribution is -2.47. The van der Waals surface area contributed by atoms with E-state index in [-0.39, 0.29) is 5.82 Å². The number of rotatable bonds is 5. The van der Waals surface area contributed by atoms with Crippen molar-refractivity contribution in [3.05, 3.63) is 35.1 Å². The summed E-state index contributed by atoms with van der Waals surface area (Å²) in [6.45, 7) is 8.71. The molecule has 2 rings (SSSR count). The zero-order valence-corrected chi connectivity index (χ0v) is 12.1. The average Bonchev–Trinajstić information content (AvgIpc) is 2.43. The Morgan fingerprint density at radius 3 is 2.74 bits per heavy atom. The molecule has 1 unspecified atom stereocenters. The monoisotopic (exact) mass is 264 g/mol. The predicted octanol–water partition coefficient (Wildman–Crippen LogP) is 2.75. The van der Waals surface area contributed by atoms with Crippen molar-refractivity contribution < 1.29 is 4.39 Å². The summed E-state index contributed by atoms with van der Waals surface area (Å²) >= 11 is 0. The van der Waals surface area contributed by atoms with Crippen LogP contribution < -0.4 is 5.32 Å². The molecule has 106 valence electrons. The van der Waals surface area contributed by atoms with E-state index in [4.69, 9.17) is 0 Å². The summed E-state index contributed by atoms with van der Waals surface area (Å²) in [6.07, 6.45) is 3.45. The summed E-state index contributed by atoms with van der Waals surface area (Å²) in [5, 5.41) is 3.39. The second-order valence-corrected chi connectivity index (χ2v) is 5.61. The van der Waals surface area contributed by atoms with Crippen molar-refractivity contribution in [3.63, 3.8) is 0 Å². The van der Waals surface area contributed by atoms with Gasteiger partial charge in [-0.05, 0) is 50.3 Å². The van der Waals surface area contributed by atoms with Gasteiger partial charge in [0.15, 0.2) is 0 Å². The van der Waals surface area contributed by atoms with Gasteiger partial charge < -0.3 is 5.32 Å². The van der Waals surface area contributed by atoms with Gasteiger partial charge >= 0.3 is 0 Å². The van der Waals surface area contributed by atoms with Gasteiger partial charge in [0, 0.05) is 32.2 Å². The molecule has 1 fully saturated rings. The number of hydrogen-bond donors (Lipinski definition) is 1. The Balaban J connectivity index is 1.74. The molecule has 0 amide bonds. The molecule has 1 aromatic carbocycles. The number of benzene rings is 1. The van der Waals surface area contributed by atoms with Gasteiger partial charge in [-0.1, -0.05) is 12.1 Å². The molecule has 3 heteroatoms. The second kappa shape index (κ2) is 7.01. The minimum atomic E-state index is -0.0991. The zero-order valence-electron chi connectivity index (χ0n) is 12.1. The molecule has 0 bridgehead atoms. The first-order chi connectivity index (χ1) is 9.16. The van der Waals surface area contributed by atoms with E-state index in [9.17, 15) is 4.39 Å². The molecule has 1 aliphatic heterocycles. The van der Waals surface area contributed by atoms with Crippen LogP contribution in [0.3, 0.4) is 0 Å². The standard InChI is InChI=1S/C16H25FN2/c1-13-12-15(6-7-16(13)17)5-3-4-14(2)19-10-8-18-9-11-19/h6-7,12,14,18H,3-5,8-11H2,1-2H3. The SMILES string of the molecule is Cc1cc(CCCC(C)N2CCNCC2)ccc1F. The molecule has 0 saturated carbocycles. The summed E-state index contributed by atoms with van der Waals surface area (Å²) in [6, 6.07) is 6.14. The molecule has 1 heterocycles. The third kappa shape index (κ3) is 4.29. The van der Waals surface area contributed by atoms with Gasteiger partial charge in [0.2, 0.25) is 0 Å². The molecule has 1 N–H and O–H groups in total. The smallest absolute Gasteiger partial charge is 0.126 e. The van der Waals surface area contributed by atoms with Gasteiger partial charge in [0.05, 0.1) is 0 Å². The molecule has 0 radical (unpaired) electrons. The Morgan fingerprint density at radius 1 is 1.32 bits per heavy atom. The zero-order chi connectivity index (χ0) is 13.7. The predicted molar refractivity (Wildman–Crippen MR) is 78.0 cm³/mol. The molecule has 1 saturated heterocycles. The average molecular weight is 264 g/mol. The molecular weight excluding hydrogens is 239 g/mol. The van der Waals surface area contributed by atoms with Crippen LogP contribution in [0.4, 0.5) is 4.39 Å². The summed E-state index contributed by atoms with van der Waals surface area (Å²) in [5.41, 5.74) is 2.01. The molecule has 19 heavy (non-hydrogen) atoms. The van der Waals surface area contributed by atoms with E-state index in [1.165, 1.54) is 18.4 Å². The van der Waals surface area contributed by atoms with Crippen molar-refractivity contribution in [2.75, 3.05) is 26.2 Å². The van der Waals surface area contributed by atoms with Crippen LogP contribution in [0.25, 0.3) is 0 Å². The lowest BCUT2D eigenvalue weighted by Gasteiger charge is -2.32. The van der Waals surface area contributed by atoms with Crippen LogP contribution in [-0.2, 0) is 6.42 Å². The fraction of sp³-hybridized carbons (Fsp3) is 0.625. The van der Waals surface area contributed by atoms with Gasteiger partial charge in [-0.25, -0.2) is 4.39 Å². The normalized spacial score (nSPS) is 18.5. The molecule has 0 aliphatic carbocycles. The van der Waals surface area contributed by atoms with E-state index < -0.39 is 0 Å². The van der Waals surface area contributed by atoms with Crippen molar-refractivity contribution in [2.45, 2.75) is 39.2 Å². The van der Waals surface area contributed by atoms with Crippen LogP contribution in [0.2, 0.25) is 0 Å². The molecule has 0 spiro atoms. The van der Waals surface area contributed by atoms with E-state index in [0.29, 0.717) is 6.04 Å². The Hall–Kier alpha value is -0.930. The highest BCUT2D eigenvalue weighted by molar-refractivity contribution is 5.23. The summed E-state index contributed by atoms with van der Waals surface area (Å²) < 4.78 is 13.2. The molecule has 0 aromatic heterocycles.